The number of carbonyl (C=O) groups is 3. The highest BCUT2D eigenvalue weighted by molar-refractivity contribution is 5.90. The summed E-state index contributed by atoms with van der Waals surface area (Å²) >= 11 is 0. The Labute approximate surface area is 212 Å². The third-order valence-corrected chi connectivity index (χ3v) is 6.73. The van der Waals surface area contributed by atoms with Gasteiger partial charge in [-0.3, -0.25) is 9.59 Å². The van der Waals surface area contributed by atoms with Gasteiger partial charge in [0.05, 0.1) is 6.04 Å². The highest BCUT2D eigenvalue weighted by atomic mass is 16.6. The van der Waals surface area contributed by atoms with E-state index in [0.29, 0.717) is 19.4 Å². The van der Waals surface area contributed by atoms with Gasteiger partial charge in [-0.05, 0) is 57.2 Å². The summed E-state index contributed by atoms with van der Waals surface area (Å²) in [4.78, 5) is 39.8. The molecule has 2 atom stereocenters. The van der Waals surface area contributed by atoms with Gasteiger partial charge in [0.2, 0.25) is 11.8 Å². The number of carbonyl (C=O) groups excluding carboxylic acids is 3. The standard InChI is InChI=1S/C28H36N4O4/c1-18(2)30-27(34)24(31-26(33)23-14-8-16-29-23)15-9-17-32(3)28(35)36-25-21-12-6-4-10-19(21)20-11-5-7-13-22(20)25/h4-7,10-13,18,23-25,29H,8-9,14-17H2,1-3H3,(H,30,34)(H,31,33)/t23-,24-/m0/s1. The van der Waals surface area contributed by atoms with Crippen LogP contribution in [0.25, 0.3) is 11.1 Å². The number of rotatable bonds is 9. The third-order valence-electron chi connectivity index (χ3n) is 6.73. The number of hydrogen-bond acceptors (Lipinski definition) is 5. The summed E-state index contributed by atoms with van der Waals surface area (Å²) in [5, 5.41) is 8.95. The zero-order valence-electron chi connectivity index (χ0n) is 21.3. The van der Waals surface area contributed by atoms with Crippen LogP contribution in [-0.2, 0) is 14.3 Å². The van der Waals surface area contributed by atoms with Gasteiger partial charge in [0.1, 0.15) is 6.04 Å². The topological polar surface area (TPSA) is 99.8 Å². The molecule has 192 valence electrons. The Morgan fingerprint density at radius 3 is 2.25 bits per heavy atom. The fraction of sp³-hybridized carbons (Fsp3) is 0.464. The van der Waals surface area contributed by atoms with E-state index in [1.165, 1.54) is 4.90 Å². The van der Waals surface area contributed by atoms with E-state index in [1.54, 1.807) is 7.05 Å². The molecule has 1 fully saturated rings. The van der Waals surface area contributed by atoms with Gasteiger partial charge in [-0.25, -0.2) is 4.79 Å². The third kappa shape index (κ3) is 5.87. The van der Waals surface area contributed by atoms with Crippen LogP contribution in [0.2, 0.25) is 0 Å². The molecule has 2 aromatic rings. The fourth-order valence-corrected chi connectivity index (χ4v) is 4.89. The summed E-state index contributed by atoms with van der Waals surface area (Å²) in [7, 11) is 1.69. The maximum Gasteiger partial charge on any atom is 0.410 e. The van der Waals surface area contributed by atoms with Gasteiger partial charge in [0, 0.05) is 30.8 Å². The zero-order chi connectivity index (χ0) is 25.7. The van der Waals surface area contributed by atoms with E-state index < -0.39 is 18.2 Å². The van der Waals surface area contributed by atoms with Crippen LogP contribution in [0, 0.1) is 0 Å². The maximum atomic E-state index is 13.0. The monoisotopic (exact) mass is 492 g/mol. The summed E-state index contributed by atoms with van der Waals surface area (Å²) in [6.07, 6.45) is 1.81. The Kier molecular flexibility index (Phi) is 8.25. The molecule has 0 bridgehead atoms. The number of amides is 3. The normalized spacial score (nSPS) is 17.3. The van der Waals surface area contributed by atoms with Crippen LogP contribution in [0.5, 0.6) is 0 Å². The Bertz CT molecular complexity index is 1050. The summed E-state index contributed by atoms with van der Waals surface area (Å²) in [6, 6.07) is 15.0. The van der Waals surface area contributed by atoms with Crippen molar-refractivity contribution in [2.45, 2.75) is 63.8 Å². The van der Waals surface area contributed by atoms with E-state index in [4.69, 9.17) is 4.74 Å². The Balaban J connectivity index is 1.34. The Morgan fingerprint density at radius 2 is 1.67 bits per heavy atom. The minimum Gasteiger partial charge on any atom is -0.436 e. The molecule has 3 N–H and O–H groups in total. The molecule has 1 aliphatic heterocycles. The first kappa shape index (κ1) is 25.7. The second-order valence-electron chi connectivity index (χ2n) is 9.88. The summed E-state index contributed by atoms with van der Waals surface area (Å²) < 4.78 is 5.95. The van der Waals surface area contributed by atoms with Gasteiger partial charge in [-0.15, -0.1) is 0 Å². The number of hydrogen-bond donors (Lipinski definition) is 3. The molecular weight excluding hydrogens is 456 g/mol. The molecule has 1 heterocycles. The van der Waals surface area contributed by atoms with Gasteiger partial charge in [-0.2, -0.15) is 0 Å². The average Bonchev–Trinajstić information content (AvgIpc) is 3.51. The summed E-state index contributed by atoms with van der Waals surface area (Å²) in [5.74, 6) is -0.358. The molecule has 2 aromatic carbocycles. The fourth-order valence-electron chi connectivity index (χ4n) is 4.89. The minimum atomic E-state index is -0.652. The quantitative estimate of drug-likeness (QED) is 0.499. The smallest absolute Gasteiger partial charge is 0.410 e. The van der Waals surface area contributed by atoms with Crippen molar-refractivity contribution >= 4 is 17.9 Å². The first-order valence-electron chi connectivity index (χ1n) is 12.8. The molecule has 0 spiro atoms. The van der Waals surface area contributed by atoms with Gasteiger partial charge in [0.15, 0.2) is 6.10 Å². The predicted octanol–water partition coefficient (Wildman–Crippen LogP) is 3.37. The number of ether oxygens (including phenoxy) is 1. The first-order chi connectivity index (χ1) is 17.3. The van der Waals surface area contributed by atoms with E-state index >= 15 is 0 Å². The number of nitrogens with one attached hydrogen (secondary N) is 3. The van der Waals surface area contributed by atoms with E-state index in [0.717, 1.165) is 41.6 Å². The molecule has 8 nitrogen and oxygen atoms in total. The van der Waals surface area contributed by atoms with Crippen LogP contribution in [0.4, 0.5) is 4.79 Å². The zero-order valence-corrected chi connectivity index (χ0v) is 21.3. The van der Waals surface area contributed by atoms with E-state index in [1.807, 2.05) is 62.4 Å². The van der Waals surface area contributed by atoms with Crippen LogP contribution in [0.3, 0.4) is 0 Å². The molecule has 4 rings (SSSR count). The van der Waals surface area contributed by atoms with Crippen LogP contribution in [0.15, 0.2) is 48.5 Å². The second kappa shape index (κ2) is 11.6. The Morgan fingerprint density at radius 1 is 1.03 bits per heavy atom. The number of nitrogens with zero attached hydrogens (tertiary/aromatic N) is 1. The van der Waals surface area contributed by atoms with Gasteiger partial charge in [0.25, 0.3) is 0 Å². The van der Waals surface area contributed by atoms with Gasteiger partial charge in [-0.1, -0.05) is 48.5 Å². The van der Waals surface area contributed by atoms with Crippen molar-refractivity contribution in [3.63, 3.8) is 0 Å². The highest BCUT2D eigenvalue weighted by Crippen LogP contribution is 2.45. The minimum absolute atomic E-state index is 0.0312. The molecule has 0 unspecified atom stereocenters. The van der Waals surface area contributed by atoms with Crippen molar-refractivity contribution in [2.75, 3.05) is 20.1 Å². The molecule has 8 heteroatoms. The van der Waals surface area contributed by atoms with Crippen LogP contribution in [0.1, 0.15) is 56.8 Å². The summed E-state index contributed by atoms with van der Waals surface area (Å²) in [6.45, 7) is 4.98. The first-order valence-corrected chi connectivity index (χ1v) is 12.8. The van der Waals surface area contributed by atoms with E-state index in [9.17, 15) is 14.4 Å². The molecule has 1 aliphatic carbocycles. The molecule has 2 aliphatic rings. The Hall–Kier alpha value is -3.39. The summed E-state index contributed by atoms with van der Waals surface area (Å²) in [5.41, 5.74) is 4.13. The van der Waals surface area contributed by atoms with Crippen LogP contribution in [-0.4, -0.2) is 61.1 Å². The predicted molar refractivity (Wildman–Crippen MR) is 138 cm³/mol. The van der Waals surface area contributed by atoms with E-state index in [2.05, 4.69) is 16.0 Å². The molecule has 0 aromatic heterocycles. The second-order valence-corrected chi connectivity index (χ2v) is 9.88. The molecule has 0 saturated carbocycles. The lowest BCUT2D eigenvalue weighted by molar-refractivity contribution is -0.130. The maximum absolute atomic E-state index is 13.0. The molecule has 3 amide bonds. The lowest BCUT2D eigenvalue weighted by atomic mass is 10.1. The molecular formula is C28H36N4O4. The number of fused-ring (bicyclic) bond motifs is 3. The van der Waals surface area contributed by atoms with Crippen molar-refractivity contribution in [3.05, 3.63) is 59.7 Å². The van der Waals surface area contributed by atoms with Crippen LogP contribution < -0.4 is 16.0 Å². The van der Waals surface area contributed by atoms with Gasteiger partial charge < -0.3 is 25.6 Å². The SMILES string of the molecule is CC(C)NC(=O)[C@H](CCCN(C)C(=O)OC1c2ccccc2-c2ccccc21)NC(=O)[C@@H]1CCCN1. The lowest BCUT2D eigenvalue weighted by Crippen LogP contribution is -2.52. The average molecular weight is 493 g/mol. The van der Waals surface area contributed by atoms with Crippen LogP contribution >= 0.6 is 0 Å². The largest absolute Gasteiger partial charge is 0.436 e. The number of benzene rings is 2. The molecule has 1 saturated heterocycles. The van der Waals surface area contributed by atoms with Crippen molar-refractivity contribution < 1.29 is 19.1 Å². The molecule has 0 radical (unpaired) electrons. The van der Waals surface area contributed by atoms with E-state index in [-0.39, 0.29) is 23.9 Å². The van der Waals surface area contributed by atoms with Gasteiger partial charge >= 0.3 is 6.09 Å². The van der Waals surface area contributed by atoms with Crippen molar-refractivity contribution in [1.82, 2.24) is 20.9 Å². The highest BCUT2D eigenvalue weighted by Gasteiger charge is 2.32. The van der Waals surface area contributed by atoms with Crippen molar-refractivity contribution in [1.29, 1.82) is 0 Å². The molecule has 36 heavy (non-hydrogen) atoms. The van der Waals surface area contributed by atoms with Crippen molar-refractivity contribution in [2.24, 2.45) is 0 Å². The van der Waals surface area contributed by atoms with Crippen molar-refractivity contribution in [3.8, 4) is 11.1 Å². The lowest BCUT2D eigenvalue weighted by Gasteiger charge is -2.24.